The monoisotopic (exact) mass is 311 g/mol. The maximum absolute atomic E-state index is 9.12. The topological polar surface area (TPSA) is 159 Å². The molecule has 0 aromatic carbocycles. The molecule has 1 rings (SSSR count). The molecule has 22 heavy (non-hydrogen) atoms. The molecule has 0 fully saturated rings. The fraction of sp³-hybridized carbons (Fsp3) is 0.154. The van der Waals surface area contributed by atoms with Crippen LogP contribution in [0.2, 0.25) is 0 Å². The minimum absolute atomic E-state index is 0.114. The van der Waals surface area contributed by atoms with Gasteiger partial charge in [0.15, 0.2) is 5.76 Å². The Hall–Kier alpha value is -3.31. The van der Waals surface area contributed by atoms with Crippen molar-refractivity contribution in [3.8, 4) is 18.2 Å². The molecule has 0 atom stereocenters. The van der Waals surface area contributed by atoms with Gasteiger partial charge in [-0.25, -0.2) is 0 Å². The Kier molecular flexibility index (Phi) is 5.68. The van der Waals surface area contributed by atoms with E-state index in [-0.39, 0.29) is 5.17 Å². The number of hydrogen-bond acceptors (Lipinski definition) is 6. The summed E-state index contributed by atoms with van der Waals surface area (Å²) in [5.74, 6) is 2.04. The predicted molar refractivity (Wildman–Crippen MR) is 80.1 cm³/mol. The molecule has 0 amide bonds. The number of hydrogen-bond donors (Lipinski definition) is 2. The molecule has 0 saturated heterocycles. The highest BCUT2D eigenvalue weighted by molar-refractivity contribution is 8.15. The van der Waals surface area contributed by atoms with E-state index in [1.165, 1.54) is 18.2 Å². The van der Waals surface area contributed by atoms with E-state index in [1.807, 2.05) is 0 Å². The Bertz CT molecular complexity index is 766. The standard InChI is InChI=1S/C13H8N7OS/c1-9(11-3-2-4-21-11)19-20-12(18)22-13(7-16,8-17)10(5-14)6-15/h2-4H,1H3,(H2,18,20)/q-1/p+1/b19-9+. The van der Waals surface area contributed by atoms with Crippen molar-refractivity contribution in [2.45, 2.75) is 11.7 Å². The molecular formula is C13H9N7OS. The second kappa shape index (κ2) is 7.47. The molecule has 0 unspecified atom stereocenters. The van der Waals surface area contributed by atoms with Gasteiger partial charge in [-0.05, 0) is 19.1 Å². The third-order valence-electron chi connectivity index (χ3n) is 2.37. The first-order valence-electron chi connectivity index (χ1n) is 5.68. The summed E-state index contributed by atoms with van der Waals surface area (Å²) in [4.78, 5) is 0. The molecule has 0 aliphatic rings. The lowest BCUT2D eigenvalue weighted by molar-refractivity contribution is -0.460. The van der Waals surface area contributed by atoms with Crippen LogP contribution in [0.5, 0.6) is 0 Å². The fourth-order valence-electron chi connectivity index (χ4n) is 1.28. The van der Waals surface area contributed by atoms with Gasteiger partial charge in [0.05, 0.1) is 11.8 Å². The number of amidine groups is 1. The normalized spacial score (nSPS) is 11.7. The van der Waals surface area contributed by atoms with E-state index in [0.29, 0.717) is 23.2 Å². The van der Waals surface area contributed by atoms with E-state index in [0.717, 1.165) is 0 Å². The molecule has 0 radical (unpaired) electrons. The lowest BCUT2D eigenvalue weighted by Gasteiger charge is -2.12. The van der Waals surface area contributed by atoms with Gasteiger partial charge in [0.2, 0.25) is 4.75 Å². The Morgan fingerprint density at radius 3 is 2.59 bits per heavy atom. The molecule has 1 aromatic rings. The van der Waals surface area contributed by atoms with Crippen molar-refractivity contribution < 1.29 is 9.52 Å². The van der Waals surface area contributed by atoms with Crippen LogP contribution >= 0.6 is 11.8 Å². The van der Waals surface area contributed by atoms with E-state index in [2.05, 4.69) is 10.2 Å². The summed E-state index contributed by atoms with van der Waals surface area (Å²) in [5.41, 5.74) is 5.58. The SMILES string of the molecule is C/C(=N\[NH+]=C(\N)SC(C#N)(C#N)C(=C=[N-])C#N)c1ccco1. The zero-order valence-corrected chi connectivity index (χ0v) is 12.2. The molecular weight excluding hydrogens is 302 g/mol. The molecule has 0 bridgehead atoms. The van der Waals surface area contributed by atoms with Gasteiger partial charge in [-0.3, -0.25) is 11.6 Å². The van der Waals surface area contributed by atoms with Crippen molar-refractivity contribution in [3.63, 3.8) is 0 Å². The summed E-state index contributed by atoms with van der Waals surface area (Å²) >= 11 is 0.530. The summed E-state index contributed by atoms with van der Waals surface area (Å²) in [6.07, 6.45) is 1.48. The summed E-state index contributed by atoms with van der Waals surface area (Å²) in [5, 5.41) is 42.2. The van der Waals surface area contributed by atoms with Gasteiger partial charge in [0.25, 0.3) is 0 Å². The number of furan rings is 1. The molecule has 0 aliphatic heterocycles. The van der Waals surface area contributed by atoms with Crippen molar-refractivity contribution in [1.82, 2.24) is 0 Å². The third kappa shape index (κ3) is 3.62. The third-order valence-corrected chi connectivity index (χ3v) is 3.37. The van der Waals surface area contributed by atoms with Crippen LogP contribution in [-0.4, -0.2) is 21.5 Å². The number of rotatable bonds is 4. The van der Waals surface area contributed by atoms with Gasteiger partial charge >= 0.3 is 5.17 Å². The van der Waals surface area contributed by atoms with Crippen LogP contribution in [0.15, 0.2) is 33.5 Å². The maximum atomic E-state index is 9.12. The summed E-state index contributed by atoms with van der Waals surface area (Å²) in [6, 6.07) is 8.16. The molecule has 0 spiro atoms. The quantitative estimate of drug-likeness (QED) is 0.333. The second-order valence-electron chi connectivity index (χ2n) is 3.76. The minimum atomic E-state index is -2.02. The van der Waals surface area contributed by atoms with Crippen LogP contribution in [0.25, 0.3) is 5.41 Å². The maximum Gasteiger partial charge on any atom is 0.330 e. The molecule has 0 aliphatic carbocycles. The highest BCUT2D eigenvalue weighted by Gasteiger charge is 2.39. The van der Waals surface area contributed by atoms with Gasteiger partial charge in [-0.15, -0.1) is 5.10 Å². The number of hydrazone groups is 1. The van der Waals surface area contributed by atoms with Gasteiger partial charge in [-0.2, -0.15) is 15.8 Å². The zero-order valence-electron chi connectivity index (χ0n) is 11.4. The van der Waals surface area contributed by atoms with Gasteiger partial charge in [0.1, 0.15) is 23.9 Å². The van der Waals surface area contributed by atoms with Crippen LogP contribution in [0, 0.1) is 34.0 Å². The Morgan fingerprint density at radius 1 is 1.45 bits per heavy atom. The lowest BCUT2D eigenvalue weighted by atomic mass is 10.0. The molecule has 0 saturated carbocycles. The number of nitrogens with one attached hydrogen (secondary N) is 1. The lowest BCUT2D eigenvalue weighted by Crippen LogP contribution is -2.69. The van der Waals surface area contributed by atoms with E-state index in [9.17, 15) is 0 Å². The van der Waals surface area contributed by atoms with E-state index in [4.69, 9.17) is 31.3 Å². The van der Waals surface area contributed by atoms with Gasteiger partial charge in [0, 0.05) is 11.8 Å². The van der Waals surface area contributed by atoms with Crippen molar-refractivity contribution in [1.29, 1.82) is 15.8 Å². The van der Waals surface area contributed by atoms with Crippen LogP contribution in [0.1, 0.15) is 12.7 Å². The smallest absolute Gasteiger partial charge is 0.330 e. The molecule has 3 N–H and O–H groups in total. The average molecular weight is 311 g/mol. The van der Waals surface area contributed by atoms with Crippen LogP contribution in [0.4, 0.5) is 0 Å². The number of nitrogens with two attached hydrogens (primary N) is 1. The first-order valence-corrected chi connectivity index (χ1v) is 6.50. The van der Waals surface area contributed by atoms with Crippen LogP contribution < -0.4 is 10.8 Å². The number of nitriles is 3. The average Bonchev–Trinajstić information content (AvgIpc) is 3.07. The number of thioether (sulfide) groups is 1. The fourth-order valence-corrected chi connectivity index (χ4v) is 1.99. The Balaban J connectivity index is 3.07. The Morgan fingerprint density at radius 2 is 2.14 bits per heavy atom. The first-order chi connectivity index (χ1) is 10.5. The number of nitrogens with zero attached hydrogens (tertiary/aromatic N) is 5. The van der Waals surface area contributed by atoms with Crippen LogP contribution in [-0.2, 0) is 0 Å². The van der Waals surface area contributed by atoms with Crippen molar-refractivity contribution in [3.05, 3.63) is 35.1 Å². The minimum Gasteiger partial charge on any atom is -0.762 e. The largest absolute Gasteiger partial charge is 0.762 e. The second-order valence-corrected chi connectivity index (χ2v) is 5.01. The highest BCUT2D eigenvalue weighted by Crippen LogP contribution is 2.29. The summed E-state index contributed by atoms with van der Waals surface area (Å²) in [7, 11) is 0. The van der Waals surface area contributed by atoms with E-state index < -0.39 is 10.3 Å². The van der Waals surface area contributed by atoms with E-state index >= 15 is 0 Å². The van der Waals surface area contributed by atoms with E-state index in [1.54, 1.807) is 31.2 Å². The first kappa shape index (κ1) is 16.7. The van der Waals surface area contributed by atoms with Gasteiger partial charge in [-0.1, -0.05) is 5.10 Å². The highest BCUT2D eigenvalue weighted by atomic mass is 32.2. The van der Waals surface area contributed by atoms with Crippen LogP contribution in [0.3, 0.4) is 0 Å². The van der Waals surface area contributed by atoms with Crippen molar-refractivity contribution >= 4 is 28.5 Å². The molecule has 8 nitrogen and oxygen atoms in total. The molecule has 1 aromatic heterocycles. The molecule has 9 heteroatoms. The molecule has 1 heterocycles. The summed E-state index contributed by atoms with van der Waals surface area (Å²) in [6.45, 7) is 1.66. The summed E-state index contributed by atoms with van der Waals surface area (Å²) < 4.78 is 3.10. The van der Waals surface area contributed by atoms with Gasteiger partial charge < -0.3 is 9.83 Å². The zero-order chi connectivity index (χ0) is 16.6. The van der Waals surface area contributed by atoms with Crippen molar-refractivity contribution in [2.24, 2.45) is 10.8 Å². The molecule has 108 valence electrons. The Labute approximate surface area is 130 Å². The predicted octanol–water partition coefficient (Wildman–Crippen LogP) is -0.393. The van der Waals surface area contributed by atoms with Crippen molar-refractivity contribution in [2.75, 3.05) is 0 Å².